The standard InChI is InChI=1S/C13H10N2O2/c16-13(17)11-2-1-7-15-12(11)4-3-10-5-8-14-9-6-10/h1-9H,(H,16,17). The lowest BCUT2D eigenvalue weighted by atomic mass is 10.1. The summed E-state index contributed by atoms with van der Waals surface area (Å²) in [6, 6.07) is 6.80. The van der Waals surface area contributed by atoms with Gasteiger partial charge in [-0.1, -0.05) is 6.08 Å². The Labute approximate surface area is 98.3 Å². The third-order valence-electron chi connectivity index (χ3n) is 2.21. The van der Waals surface area contributed by atoms with Gasteiger partial charge >= 0.3 is 5.97 Å². The molecule has 4 nitrogen and oxygen atoms in total. The Morgan fingerprint density at radius 1 is 1.12 bits per heavy atom. The monoisotopic (exact) mass is 226 g/mol. The summed E-state index contributed by atoms with van der Waals surface area (Å²) >= 11 is 0. The highest BCUT2D eigenvalue weighted by Crippen LogP contribution is 2.10. The zero-order valence-corrected chi connectivity index (χ0v) is 8.95. The molecule has 4 heteroatoms. The number of aromatic nitrogens is 2. The molecular weight excluding hydrogens is 216 g/mol. The predicted molar refractivity (Wildman–Crippen MR) is 64.4 cm³/mol. The van der Waals surface area contributed by atoms with Crippen LogP contribution in [0.15, 0.2) is 42.9 Å². The van der Waals surface area contributed by atoms with Crippen molar-refractivity contribution in [3.05, 3.63) is 59.7 Å². The first-order valence-corrected chi connectivity index (χ1v) is 5.04. The molecule has 0 saturated heterocycles. The molecule has 0 aliphatic carbocycles. The smallest absolute Gasteiger partial charge is 0.337 e. The number of rotatable bonds is 3. The zero-order valence-electron chi connectivity index (χ0n) is 8.95. The number of nitrogens with zero attached hydrogens (tertiary/aromatic N) is 2. The van der Waals surface area contributed by atoms with Crippen LogP contribution in [-0.2, 0) is 0 Å². The molecule has 2 rings (SSSR count). The van der Waals surface area contributed by atoms with Gasteiger partial charge < -0.3 is 5.11 Å². The van der Waals surface area contributed by atoms with Crippen molar-refractivity contribution in [1.82, 2.24) is 9.97 Å². The van der Waals surface area contributed by atoms with Crippen LogP contribution in [0.1, 0.15) is 21.6 Å². The van der Waals surface area contributed by atoms with Crippen LogP contribution in [0.25, 0.3) is 12.2 Å². The minimum Gasteiger partial charge on any atom is -0.478 e. The highest BCUT2D eigenvalue weighted by Gasteiger charge is 2.07. The summed E-state index contributed by atoms with van der Waals surface area (Å²) in [5.41, 5.74) is 1.58. The second-order valence-corrected chi connectivity index (χ2v) is 3.36. The van der Waals surface area contributed by atoms with Crippen molar-refractivity contribution in [3.63, 3.8) is 0 Å². The molecule has 0 saturated carbocycles. The summed E-state index contributed by atoms with van der Waals surface area (Å²) in [6.07, 6.45) is 8.40. The fourth-order valence-corrected chi connectivity index (χ4v) is 1.38. The average Bonchev–Trinajstić information content (AvgIpc) is 2.38. The molecule has 0 spiro atoms. The Balaban J connectivity index is 2.30. The summed E-state index contributed by atoms with van der Waals surface area (Å²) in [5.74, 6) is -0.979. The fourth-order valence-electron chi connectivity index (χ4n) is 1.38. The Hall–Kier alpha value is -2.49. The van der Waals surface area contributed by atoms with E-state index in [0.717, 1.165) is 5.56 Å². The van der Waals surface area contributed by atoms with E-state index in [1.165, 1.54) is 6.07 Å². The summed E-state index contributed by atoms with van der Waals surface area (Å²) in [5, 5.41) is 8.98. The van der Waals surface area contributed by atoms with Crippen LogP contribution in [0.5, 0.6) is 0 Å². The van der Waals surface area contributed by atoms with E-state index in [-0.39, 0.29) is 5.56 Å². The van der Waals surface area contributed by atoms with E-state index in [0.29, 0.717) is 5.69 Å². The Kier molecular flexibility index (Phi) is 3.25. The molecule has 2 aromatic heterocycles. The number of hydrogen-bond acceptors (Lipinski definition) is 3. The maximum Gasteiger partial charge on any atom is 0.337 e. The van der Waals surface area contributed by atoms with Gasteiger partial charge in [0.05, 0.1) is 11.3 Å². The lowest BCUT2D eigenvalue weighted by molar-refractivity contribution is 0.0696. The highest BCUT2D eigenvalue weighted by molar-refractivity contribution is 5.92. The average molecular weight is 226 g/mol. The van der Waals surface area contributed by atoms with Crippen molar-refractivity contribution in [2.75, 3.05) is 0 Å². The van der Waals surface area contributed by atoms with Gasteiger partial charge in [0.2, 0.25) is 0 Å². The van der Waals surface area contributed by atoms with Gasteiger partial charge in [-0.25, -0.2) is 4.79 Å². The molecular formula is C13H10N2O2. The minimum absolute atomic E-state index is 0.192. The van der Waals surface area contributed by atoms with Gasteiger partial charge in [0, 0.05) is 18.6 Å². The molecule has 2 aromatic rings. The quantitative estimate of drug-likeness (QED) is 0.872. The Bertz CT molecular complexity index is 550. The van der Waals surface area contributed by atoms with Crippen LogP contribution in [0.3, 0.4) is 0 Å². The van der Waals surface area contributed by atoms with Crippen molar-refractivity contribution in [2.24, 2.45) is 0 Å². The second-order valence-electron chi connectivity index (χ2n) is 3.36. The molecule has 0 fully saturated rings. The topological polar surface area (TPSA) is 63.1 Å². The molecule has 84 valence electrons. The number of carbonyl (C=O) groups is 1. The van der Waals surface area contributed by atoms with Gasteiger partial charge in [-0.2, -0.15) is 0 Å². The maximum absolute atomic E-state index is 10.9. The molecule has 0 atom stereocenters. The summed E-state index contributed by atoms with van der Waals surface area (Å²) in [7, 11) is 0. The van der Waals surface area contributed by atoms with Crippen molar-refractivity contribution in [3.8, 4) is 0 Å². The van der Waals surface area contributed by atoms with Crippen LogP contribution in [-0.4, -0.2) is 21.0 Å². The largest absolute Gasteiger partial charge is 0.478 e. The first kappa shape index (κ1) is 11.0. The summed E-state index contributed by atoms with van der Waals surface area (Å²) in [4.78, 5) is 18.9. The highest BCUT2D eigenvalue weighted by atomic mass is 16.4. The molecule has 2 heterocycles. The molecule has 1 N–H and O–H groups in total. The first-order valence-electron chi connectivity index (χ1n) is 5.04. The van der Waals surface area contributed by atoms with E-state index in [9.17, 15) is 4.79 Å². The van der Waals surface area contributed by atoms with E-state index in [1.54, 1.807) is 36.8 Å². The lowest BCUT2D eigenvalue weighted by Crippen LogP contribution is -2.00. The van der Waals surface area contributed by atoms with Gasteiger partial charge in [-0.05, 0) is 35.9 Å². The van der Waals surface area contributed by atoms with Crippen molar-refractivity contribution in [1.29, 1.82) is 0 Å². The third kappa shape index (κ3) is 2.75. The Morgan fingerprint density at radius 2 is 1.88 bits per heavy atom. The number of hydrogen-bond donors (Lipinski definition) is 1. The van der Waals surface area contributed by atoms with Crippen LogP contribution in [0.2, 0.25) is 0 Å². The third-order valence-corrected chi connectivity index (χ3v) is 2.21. The first-order chi connectivity index (χ1) is 8.27. The van der Waals surface area contributed by atoms with Crippen molar-refractivity contribution in [2.45, 2.75) is 0 Å². The molecule has 0 radical (unpaired) electrons. The summed E-state index contributed by atoms with van der Waals surface area (Å²) in [6.45, 7) is 0. The van der Waals surface area contributed by atoms with Crippen molar-refractivity contribution >= 4 is 18.1 Å². The molecule has 0 aliphatic heterocycles. The van der Waals surface area contributed by atoms with E-state index in [1.807, 2.05) is 12.1 Å². The lowest BCUT2D eigenvalue weighted by Gasteiger charge is -1.98. The molecule has 0 bridgehead atoms. The Morgan fingerprint density at radius 3 is 2.59 bits per heavy atom. The van der Waals surface area contributed by atoms with Crippen molar-refractivity contribution < 1.29 is 9.90 Å². The molecule has 17 heavy (non-hydrogen) atoms. The van der Waals surface area contributed by atoms with E-state index in [2.05, 4.69) is 9.97 Å². The van der Waals surface area contributed by atoms with Gasteiger partial charge in [0.1, 0.15) is 0 Å². The fraction of sp³-hybridized carbons (Fsp3) is 0. The van der Waals surface area contributed by atoms with Gasteiger partial charge in [-0.3, -0.25) is 9.97 Å². The van der Waals surface area contributed by atoms with E-state index < -0.39 is 5.97 Å². The van der Waals surface area contributed by atoms with Crippen LogP contribution < -0.4 is 0 Å². The number of pyridine rings is 2. The maximum atomic E-state index is 10.9. The minimum atomic E-state index is -0.979. The van der Waals surface area contributed by atoms with Crippen LogP contribution in [0.4, 0.5) is 0 Å². The SMILES string of the molecule is O=C(O)c1cccnc1C=Cc1ccncc1. The number of aromatic carboxylic acids is 1. The second kappa shape index (κ2) is 5.03. The van der Waals surface area contributed by atoms with Gasteiger partial charge in [-0.15, -0.1) is 0 Å². The van der Waals surface area contributed by atoms with Crippen LogP contribution in [0, 0.1) is 0 Å². The zero-order chi connectivity index (χ0) is 12.1. The summed E-state index contributed by atoms with van der Waals surface area (Å²) < 4.78 is 0. The predicted octanol–water partition coefficient (Wildman–Crippen LogP) is 2.35. The normalized spacial score (nSPS) is 10.6. The van der Waals surface area contributed by atoms with Gasteiger partial charge in [0.15, 0.2) is 0 Å². The molecule has 0 amide bonds. The number of carboxylic acids is 1. The van der Waals surface area contributed by atoms with Crippen LogP contribution >= 0.6 is 0 Å². The van der Waals surface area contributed by atoms with E-state index in [4.69, 9.17) is 5.11 Å². The molecule has 0 unspecified atom stereocenters. The molecule has 0 aromatic carbocycles. The van der Waals surface area contributed by atoms with E-state index >= 15 is 0 Å². The molecule has 0 aliphatic rings. The van der Waals surface area contributed by atoms with Gasteiger partial charge in [0.25, 0.3) is 0 Å². The number of carboxylic acid groups (broad SMARTS) is 1.